The number of aliphatic hydroxyl groups is 1. The van der Waals surface area contributed by atoms with Gasteiger partial charge in [-0.2, -0.15) is 0 Å². The monoisotopic (exact) mass is 393 g/mol. The van der Waals surface area contributed by atoms with Crippen molar-refractivity contribution in [3.63, 3.8) is 0 Å². The molecule has 29 heavy (non-hydrogen) atoms. The van der Waals surface area contributed by atoms with Crippen LogP contribution in [0.1, 0.15) is 43.1 Å². The average Bonchev–Trinajstić information content (AvgIpc) is 2.69. The molecule has 0 saturated carbocycles. The largest absolute Gasteiger partial charge is 0.493 e. The molecule has 1 atom stereocenters. The molecule has 0 spiro atoms. The quantitative estimate of drug-likeness (QED) is 0.575. The van der Waals surface area contributed by atoms with Gasteiger partial charge in [0.1, 0.15) is 5.75 Å². The maximum Gasteiger partial charge on any atom is 0.251 e. The molecule has 154 valence electrons. The van der Waals surface area contributed by atoms with E-state index < -0.39 is 5.60 Å². The van der Waals surface area contributed by atoms with Crippen LogP contribution in [0.15, 0.2) is 78.4 Å². The Morgan fingerprint density at radius 1 is 1.10 bits per heavy atom. The Morgan fingerprint density at radius 2 is 1.79 bits per heavy atom. The second-order valence-corrected chi connectivity index (χ2v) is 7.57. The highest BCUT2D eigenvalue weighted by molar-refractivity contribution is 5.94. The second kappa shape index (κ2) is 11.2. The van der Waals surface area contributed by atoms with Gasteiger partial charge in [-0.05, 0) is 57.0 Å². The number of carbonyl (C=O) groups is 1. The summed E-state index contributed by atoms with van der Waals surface area (Å²) >= 11 is 0. The van der Waals surface area contributed by atoms with Crippen LogP contribution in [0.3, 0.4) is 0 Å². The third-order valence-corrected chi connectivity index (χ3v) is 4.42. The van der Waals surface area contributed by atoms with Gasteiger partial charge in [-0.3, -0.25) is 4.79 Å². The third-order valence-electron chi connectivity index (χ3n) is 4.42. The highest BCUT2D eigenvalue weighted by Gasteiger charge is 2.15. The van der Waals surface area contributed by atoms with Crippen LogP contribution in [0.5, 0.6) is 5.75 Å². The lowest BCUT2D eigenvalue weighted by atomic mass is 10.0. The third kappa shape index (κ3) is 8.79. The van der Waals surface area contributed by atoms with Crippen LogP contribution in [0.4, 0.5) is 0 Å². The van der Waals surface area contributed by atoms with E-state index in [-0.39, 0.29) is 5.91 Å². The van der Waals surface area contributed by atoms with E-state index in [0.717, 1.165) is 17.7 Å². The topological polar surface area (TPSA) is 58.6 Å². The number of hydrogen-bond donors (Lipinski definition) is 2. The van der Waals surface area contributed by atoms with E-state index >= 15 is 0 Å². The standard InChI is InChI=1S/C25H31NO3/c1-20(2)8-7-16-25(3,28)17-19-29-23-13-11-21(12-14-23)15-18-26-24(27)22-9-5-4-6-10-22/h4-14,16,28H,15,17-19H2,1-3H3,(H,26,27)/t25-/m1/s1. The first kappa shape index (κ1) is 22.4. The van der Waals surface area contributed by atoms with E-state index in [9.17, 15) is 9.90 Å². The first-order valence-corrected chi connectivity index (χ1v) is 9.96. The minimum atomic E-state index is -0.900. The molecule has 0 heterocycles. The number of benzene rings is 2. The number of allylic oxidation sites excluding steroid dienone is 3. The summed E-state index contributed by atoms with van der Waals surface area (Å²) in [5, 5.41) is 13.3. The van der Waals surface area contributed by atoms with Crippen molar-refractivity contribution in [3.8, 4) is 5.75 Å². The fourth-order valence-electron chi connectivity index (χ4n) is 2.67. The first-order chi connectivity index (χ1) is 13.9. The molecule has 0 saturated heterocycles. The van der Waals surface area contributed by atoms with Gasteiger partial charge in [0.2, 0.25) is 0 Å². The Bertz CT molecular complexity index is 817. The van der Waals surface area contributed by atoms with E-state index in [4.69, 9.17) is 4.74 Å². The number of ether oxygens (including phenoxy) is 1. The summed E-state index contributed by atoms with van der Waals surface area (Å²) in [6.07, 6.45) is 6.89. The molecule has 0 bridgehead atoms. The molecule has 1 amide bonds. The lowest BCUT2D eigenvalue weighted by Crippen LogP contribution is -2.25. The summed E-state index contributed by atoms with van der Waals surface area (Å²) in [6.45, 7) is 6.82. The van der Waals surface area contributed by atoms with Gasteiger partial charge in [0.05, 0.1) is 12.2 Å². The van der Waals surface area contributed by atoms with Crippen LogP contribution in [0.25, 0.3) is 0 Å². The fourth-order valence-corrected chi connectivity index (χ4v) is 2.67. The molecule has 2 aromatic rings. The molecule has 2 N–H and O–H groups in total. The maximum absolute atomic E-state index is 12.0. The van der Waals surface area contributed by atoms with Gasteiger partial charge in [0.25, 0.3) is 5.91 Å². The van der Waals surface area contributed by atoms with Crippen molar-refractivity contribution in [1.29, 1.82) is 0 Å². The van der Waals surface area contributed by atoms with E-state index in [1.165, 1.54) is 5.57 Å². The van der Waals surface area contributed by atoms with Crippen LogP contribution in [-0.2, 0) is 6.42 Å². The molecule has 2 rings (SSSR count). The molecule has 4 heteroatoms. The molecule has 0 unspecified atom stereocenters. The second-order valence-electron chi connectivity index (χ2n) is 7.57. The number of rotatable bonds is 10. The Hall–Kier alpha value is -2.85. The predicted molar refractivity (Wildman–Crippen MR) is 118 cm³/mol. The van der Waals surface area contributed by atoms with Crippen molar-refractivity contribution < 1.29 is 14.6 Å². The average molecular weight is 394 g/mol. The van der Waals surface area contributed by atoms with Crippen molar-refractivity contribution in [2.45, 2.75) is 39.2 Å². The van der Waals surface area contributed by atoms with E-state index in [2.05, 4.69) is 5.32 Å². The van der Waals surface area contributed by atoms with Crippen molar-refractivity contribution in [3.05, 3.63) is 89.5 Å². The molecule has 0 aliphatic heterocycles. The fraction of sp³-hybridized carbons (Fsp3) is 0.320. The van der Waals surface area contributed by atoms with Crippen LogP contribution >= 0.6 is 0 Å². The number of carbonyl (C=O) groups excluding carboxylic acids is 1. The molecule has 0 aromatic heterocycles. The van der Waals surface area contributed by atoms with Gasteiger partial charge < -0.3 is 15.2 Å². The first-order valence-electron chi connectivity index (χ1n) is 9.96. The predicted octanol–water partition coefficient (Wildman–Crippen LogP) is 4.70. The van der Waals surface area contributed by atoms with Gasteiger partial charge in [0.15, 0.2) is 0 Å². The summed E-state index contributed by atoms with van der Waals surface area (Å²) in [5.74, 6) is 0.711. The van der Waals surface area contributed by atoms with Gasteiger partial charge in [-0.25, -0.2) is 0 Å². The van der Waals surface area contributed by atoms with Crippen LogP contribution in [0, 0.1) is 0 Å². The van der Waals surface area contributed by atoms with Crippen molar-refractivity contribution in [2.24, 2.45) is 0 Å². The highest BCUT2D eigenvalue weighted by Crippen LogP contribution is 2.16. The lowest BCUT2D eigenvalue weighted by molar-refractivity contribution is 0.0832. The normalized spacial score (nSPS) is 13.0. The number of amides is 1. The summed E-state index contributed by atoms with van der Waals surface area (Å²) in [4.78, 5) is 12.0. The summed E-state index contributed by atoms with van der Waals surface area (Å²) in [6, 6.07) is 17.0. The minimum Gasteiger partial charge on any atom is -0.493 e. The molecule has 0 aliphatic carbocycles. The Balaban J connectivity index is 1.72. The molecular formula is C25H31NO3. The van der Waals surface area contributed by atoms with Gasteiger partial charge >= 0.3 is 0 Å². The van der Waals surface area contributed by atoms with Crippen LogP contribution in [0.2, 0.25) is 0 Å². The SMILES string of the molecule is CC(C)=CC=C[C@@](C)(O)CCOc1ccc(CCNC(=O)c2ccccc2)cc1. The summed E-state index contributed by atoms with van der Waals surface area (Å²) in [5.41, 5.74) is 2.08. The number of nitrogens with one attached hydrogen (secondary N) is 1. The smallest absolute Gasteiger partial charge is 0.251 e. The molecule has 0 radical (unpaired) electrons. The molecular weight excluding hydrogens is 362 g/mol. The van der Waals surface area contributed by atoms with Crippen molar-refractivity contribution in [1.82, 2.24) is 5.32 Å². The van der Waals surface area contributed by atoms with Crippen molar-refractivity contribution in [2.75, 3.05) is 13.2 Å². The Morgan fingerprint density at radius 3 is 2.45 bits per heavy atom. The van der Waals surface area contributed by atoms with E-state index in [0.29, 0.717) is 25.1 Å². The zero-order valence-electron chi connectivity index (χ0n) is 17.5. The minimum absolute atomic E-state index is 0.0590. The van der Waals surface area contributed by atoms with Crippen molar-refractivity contribution >= 4 is 5.91 Å². The highest BCUT2D eigenvalue weighted by atomic mass is 16.5. The number of hydrogen-bond acceptors (Lipinski definition) is 3. The Kier molecular flexibility index (Phi) is 8.68. The van der Waals surface area contributed by atoms with E-state index in [1.54, 1.807) is 25.1 Å². The Labute approximate surface area is 173 Å². The van der Waals surface area contributed by atoms with E-state index in [1.807, 2.05) is 68.5 Å². The van der Waals surface area contributed by atoms with Gasteiger partial charge in [-0.1, -0.05) is 54.1 Å². The van der Waals surface area contributed by atoms with Gasteiger partial charge in [-0.15, -0.1) is 0 Å². The van der Waals surface area contributed by atoms with Crippen LogP contribution in [-0.4, -0.2) is 29.8 Å². The molecule has 4 nitrogen and oxygen atoms in total. The van der Waals surface area contributed by atoms with Gasteiger partial charge in [0, 0.05) is 18.5 Å². The molecule has 0 aliphatic rings. The zero-order chi connectivity index (χ0) is 21.1. The lowest BCUT2D eigenvalue weighted by Gasteiger charge is -2.19. The maximum atomic E-state index is 12.0. The molecule has 2 aromatic carbocycles. The summed E-state index contributed by atoms with van der Waals surface area (Å²) in [7, 11) is 0. The summed E-state index contributed by atoms with van der Waals surface area (Å²) < 4.78 is 5.75. The molecule has 0 fully saturated rings. The van der Waals surface area contributed by atoms with Crippen LogP contribution < -0.4 is 10.1 Å². The zero-order valence-corrected chi connectivity index (χ0v) is 17.5.